The van der Waals surface area contributed by atoms with Crippen molar-refractivity contribution in [1.29, 1.82) is 0 Å². The van der Waals surface area contributed by atoms with E-state index in [2.05, 4.69) is 20.9 Å². The van der Waals surface area contributed by atoms with Gasteiger partial charge in [0.05, 0.1) is 0 Å². The smallest absolute Gasteiger partial charge is 0.272 e. The number of nitrogens with zero attached hydrogens (tertiary/aromatic N) is 2. The fraction of sp³-hybridized carbons (Fsp3) is 0.294. The van der Waals surface area contributed by atoms with E-state index in [1.807, 2.05) is 29.2 Å². The molecule has 0 saturated carbocycles. The Morgan fingerprint density at radius 3 is 2.50 bits per heavy atom. The van der Waals surface area contributed by atoms with Gasteiger partial charge in [-0.15, -0.1) is 0 Å². The number of pyridine rings is 1. The molecule has 2 aromatic rings. The number of hydrogen-bond acceptors (Lipinski definition) is 3. The Morgan fingerprint density at radius 1 is 1.05 bits per heavy atom. The van der Waals surface area contributed by atoms with E-state index in [0.717, 1.165) is 36.2 Å². The highest BCUT2D eigenvalue weighted by atomic mass is 79.9. The molecular formula is C17H17BrN2O2. The molecule has 114 valence electrons. The van der Waals surface area contributed by atoms with Crippen LogP contribution in [0.2, 0.25) is 0 Å². The van der Waals surface area contributed by atoms with Gasteiger partial charge in [-0.2, -0.15) is 0 Å². The zero-order chi connectivity index (χ0) is 15.4. The number of benzene rings is 1. The molecule has 1 aromatic carbocycles. The van der Waals surface area contributed by atoms with E-state index in [-0.39, 0.29) is 5.91 Å². The number of ether oxygens (including phenoxy) is 1. The number of rotatable bonds is 3. The van der Waals surface area contributed by atoms with Crippen LogP contribution in [0.3, 0.4) is 0 Å². The molecule has 0 N–H and O–H groups in total. The number of hydrogen-bond donors (Lipinski definition) is 0. The standard InChI is InChI=1S/C17H17BrN2O2/c18-13-4-6-14(7-5-13)22-15-8-9-19-16(12-15)17(21)20-10-2-1-3-11-20/h4-9,12H,1-3,10-11H2. The monoisotopic (exact) mass is 360 g/mol. The van der Waals surface area contributed by atoms with E-state index in [9.17, 15) is 4.79 Å². The van der Waals surface area contributed by atoms with Crippen molar-refractivity contribution in [2.24, 2.45) is 0 Å². The summed E-state index contributed by atoms with van der Waals surface area (Å²) in [6.07, 6.45) is 4.96. The fourth-order valence-corrected chi connectivity index (χ4v) is 2.75. The average molecular weight is 361 g/mol. The highest BCUT2D eigenvalue weighted by Crippen LogP contribution is 2.24. The Labute approximate surface area is 138 Å². The number of likely N-dealkylation sites (tertiary alicyclic amines) is 1. The van der Waals surface area contributed by atoms with Gasteiger partial charge in [-0.1, -0.05) is 15.9 Å². The summed E-state index contributed by atoms with van der Waals surface area (Å²) in [7, 11) is 0. The number of halogens is 1. The molecule has 1 aliphatic rings. The molecule has 5 heteroatoms. The summed E-state index contributed by atoms with van der Waals surface area (Å²) >= 11 is 3.39. The minimum atomic E-state index is -0.0130. The molecule has 0 bridgehead atoms. The number of amides is 1. The molecule has 4 nitrogen and oxygen atoms in total. The van der Waals surface area contributed by atoms with Crippen molar-refractivity contribution in [3.8, 4) is 11.5 Å². The fourth-order valence-electron chi connectivity index (χ4n) is 2.49. The van der Waals surface area contributed by atoms with Crippen molar-refractivity contribution in [1.82, 2.24) is 9.88 Å². The molecule has 0 spiro atoms. The van der Waals surface area contributed by atoms with Crippen LogP contribution < -0.4 is 4.74 Å². The van der Waals surface area contributed by atoms with E-state index >= 15 is 0 Å². The van der Waals surface area contributed by atoms with Gasteiger partial charge in [-0.25, -0.2) is 0 Å². The van der Waals surface area contributed by atoms with E-state index in [0.29, 0.717) is 11.4 Å². The van der Waals surface area contributed by atoms with Crippen LogP contribution in [0.25, 0.3) is 0 Å². The zero-order valence-electron chi connectivity index (χ0n) is 12.2. The first-order chi connectivity index (χ1) is 10.7. The van der Waals surface area contributed by atoms with Gasteiger partial charge in [0, 0.05) is 29.8 Å². The maximum Gasteiger partial charge on any atom is 0.272 e. The normalized spacial score (nSPS) is 14.7. The second-order valence-electron chi connectivity index (χ2n) is 5.29. The van der Waals surface area contributed by atoms with Crippen LogP contribution in [0.1, 0.15) is 29.8 Å². The van der Waals surface area contributed by atoms with Crippen molar-refractivity contribution < 1.29 is 9.53 Å². The molecule has 1 aliphatic heterocycles. The van der Waals surface area contributed by atoms with E-state index in [1.165, 1.54) is 6.42 Å². The molecule has 0 atom stereocenters. The summed E-state index contributed by atoms with van der Waals surface area (Å²) in [6, 6.07) is 11.0. The zero-order valence-corrected chi connectivity index (χ0v) is 13.8. The van der Waals surface area contributed by atoms with Crippen LogP contribution in [-0.2, 0) is 0 Å². The molecule has 1 aromatic heterocycles. The molecule has 1 amide bonds. The molecule has 0 aliphatic carbocycles. The number of carbonyl (C=O) groups is 1. The van der Waals surface area contributed by atoms with Crippen LogP contribution in [-0.4, -0.2) is 28.9 Å². The SMILES string of the molecule is O=C(c1cc(Oc2ccc(Br)cc2)ccn1)N1CCCCC1. The van der Waals surface area contributed by atoms with Crippen molar-refractivity contribution in [3.05, 3.63) is 52.8 Å². The lowest BCUT2D eigenvalue weighted by atomic mass is 10.1. The quantitative estimate of drug-likeness (QED) is 0.820. The maximum atomic E-state index is 12.5. The van der Waals surface area contributed by atoms with Gasteiger partial charge in [0.15, 0.2) is 0 Å². The van der Waals surface area contributed by atoms with E-state index < -0.39 is 0 Å². The number of carbonyl (C=O) groups excluding carboxylic acids is 1. The Kier molecular flexibility index (Phi) is 4.73. The van der Waals surface area contributed by atoms with Crippen molar-refractivity contribution in [3.63, 3.8) is 0 Å². The summed E-state index contributed by atoms with van der Waals surface area (Å²) in [5.74, 6) is 1.34. The maximum absolute atomic E-state index is 12.5. The Hall–Kier alpha value is -1.88. The molecule has 0 unspecified atom stereocenters. The van der Waals surface area contributed by atoms with Gasteiger partial charge in [0.1, 0.15) is 17.2 Å². The average Bonchev–Trinajstić information content (AvgIpc) is 2.57. The van der Waals surface area contributed by atoms with Crippen molar-refractivity contribution in [2.75, 3.05) is 13.1 Å². The summed E-state index contributed by atoms with van der Waals surface area (Å²) in [5.41, 5.74) is 0.441. The molecule has 2 heterocycles. The summed E-state index contributed by atoms with van der Waals surface area (Å²) < 4.78 is 6.78. The van der Waals surface area contributed by atoms with E-state index in [1.54, 1.807) is 18.3 Å². The van der Waals surface area contributed by atoms with Crippen LogP contribution in [0.5, 0.6) is 11.5 Å². The highest BCUT2D eigenvalue weighted by Gasteiger charge is 2.19. The molecule has 0 radical (unpaired) electrons. The Bertz CT molecular complexity index is 652. The van der Waals surface area contributed by atoms with Gasteiger partial charge >= 0.3 is 0 Å². The predicted molar refractivity (Wildman–Crippen MR) is 88.2 cm³/mol. The first kappa shape index (κ1) is 15.0. The second kappa shape index (κ2) is 6.92. The van der Waals surface area contributed by atoms with Crippen molar-refractivity contribution in [2.45, 2.75) is 19.3 Å². The van der Waals surface area contributed by atoms with Crippen molar-refractivity contribution >= 4 is 21.8 Å². The summed E-state index contributed by atoms with van der Waals surface area (Å²) in [6.45, 7) is 1.64. The Balaban J connectivity index is 1.74. The highest BCUT2D eigenvalue weighted by molar-refractivity contribution is 9.10. The van der Waals surface area contributed by atoms with Gasteiger partial charge < -0.3 is 9.64 Å². The summed E-state index contributed by atoms with van der Waals surface area (Å²) in [5, 5.41) is 0. The van der Waals surface area contributed by atoms with Gasteiger partial charge in [0.2, 0.25) is 0 Å². The molecule has 3 rings (SSSR count). The van der Waals surface area contributed by atoms with Gasteiger partial charge in [-0.3, -0.25) is 9.78 Å². The lowest BCUT2D eigenvalue weighted by molar-refractivity contribution is 0.0718. The largest absolute Gasteiger partial charge is 0.457 e. The second-order valence-corrected chi connectivity index (χ2v) is 6.20. The van der Waals surface area contributed by atoms with Crippen LogP contribution in [0, 0.1) is 0 Å². The van der Waals surface area contributed by atoms with E-state index in [4.69, 9.17) is 4.74 Å². The molecule has 1 fully saturated rings. The first-order valence-corrected chi connectivity index (χ1v) is 8.20. The van der Waals surface area contributed by atoms with Crippen LogP contribution >= 0.6 is 15.9 Å². The Morgan fingerprint density at radius 2 is 1.77 bits per heavy atom. The molecule has 1 saturated heterocycles. The summed E-state index contributed by atoms with van der Waals surface area (Å²) in [4.78, 5) is 18.5. The third-order valence-electron chi connectivity index (χ3n) is 3.64. The first-order valence-electron chi connectivity index (χ1n) is 7.41. The van der Waals surface area contributed by atoms with Gasteiger partial charge in [-0.05, 0) is 49.6 Å². The number of piperidine rings is 1. The minimum Gasteiger partial charge on any atom is -0.457 e. The van der Waals surface area contributed by atoms with Gasteiger partial charge in [0.25, 0.3) is 5.91 Å². The number of aromatic nitrogens is 1. The predicted octanol–water partition coefficient (Wildman–Crippen LogP) is 4.26. The van der Waals surface area contributed by atoms with Crippen LogP contribution in [0.4, 0.5) is 0 Å². The lowest BCUT2D eigenvalue weighted by Gasteiger charge is -2.26. The topological polar surface area (TPSA) is 42.4 Å². The third kappa shape index (κ3) is 3.65. The lowest BCUT2D eigenvalue weighted by Crippen LogP contribution is -2.36. The molecular weight excluding hydrogens is 344 g/mol. The molecule has 22 heavy (non-hydrogen) atoms. The van der Waals surface area contributed by atoms with Crippen LogP contribution in [0.15, 0.2) is 47.1 Å². The third-order valence-corrected chi connectivity index (χ3v) is 4.17. The minimum absolute atomic E-state index is 0.0130.